The highest BCUT2D eigenvalue weighted by Gasteiger charge is 2.31. The summed E-state index contributed by atoms with van der Waals surface area (Å²) in [7, 11) is -0.608. The molecule has 0 aliphatic carbocycles. The van der Waals surface area contributed by atoms with Crippen molar-refractivity contribution in [1.82, 2.24) is 8.87 Å². The van der Waals surface area contributed by atoms with Crippen LogP contribution in [0.5, 0.6) is 0 Å². The molecule has 0 spiro atoms. The van der Waals surface area contributed by atoms with E-state index in [1.54, 1.807) is 45.0 Å². The van der Waals surface area contributed by atoms with E-state index < -0.39 is 33.4 Å². The van der Waals surface area contributed by atoms with E-state index >= 15 is 0 Å². The van der Waals surface area contributed by atoms with Gasteiger partial charge in [-0.1, -0.05) is 6.07 Å². The van der Waals surface area contributed by atoms with Crippen molar-refractivity contribution in [3.63, 3.8) is 0 Å². The summed E-state index contributed by atoms with van der Waals surface area (Å²) in [5.74, 6) is -1.55. The lowest BCUT2D eigenvalue weighted by atomic mass is 10.0. The molecule has 0 atom stereocenters. The third kappa shape index (κ3) is 5.13. The zero-order valence-corrected chi connectivity index (χ0v) is 22.6. The fourth-order valence-corrected chi connectivity index (χ4v) is 5.53. The van der Waals surface area contributed by atoms with Gasteiger partial charge in [-0.05, 0) is 75.2 Å². The van der Waals surface area contributed by atoms with Crippen LogP contribution in [0.4, 0.5) is 19.3 Å². The Bertz CT molecular complexity index is 1450. The minimum Gasteiger partial charge on any atom is -0.443 e. The molecule has 7 nitrogen and oxygen atoms in total. The molecule has 2 aromatic carbocycles. The molecule has 2 heterocycles. The van der Waals surface area contributed by atoms with Crippen molar-refractivity contribution in [3.8, 4) is 11.3 Å². The van der Waals surface area contributed by atoms with Gasteiger partial charge in [0.1, 0.15) is 17.2 Å². The molecular weight excluding hydrogens is 500 g/mol. The Kier molecular flexibility index (Phi) is 6.94. The maximum atomic E-state index is 14.8. The molecule has 1 aliphatic rings. The lowest BCUT2D eigenvalue weighted by Gasteiger charge is -2.31. The number of fused-ring (bicyclic) bond motifs is 1. The fourth-order valence-electron chi connectivity index (χ4n) is 4.54. The Morgan fingerprint density at radius 2 is 1.70 bits per heavy atom. The Labute approximate surface area is 216 Å². The van der Waals surface area contributed by atoms with E-state index in [-0.39, 0.29) is 16.2 Å². The molecule has 1 aliphatic heterocycles. The summed E-state index contributed by atoms with van der Waals surface area (Å²) in [4.78, 5) is 15.5. The van der Waals surface area contributed by atoms with E-state index in [9.17, 15) is 22.0 Å². The van der Waals surface area contributed by atoms with E-state index in [0.29, 0.717) is 25.2 Å². The van der Waals surface area contributed by atoms with Crippen molar-refractivity contribution in [2.24, 2.45) is 0 Å². The van der Waals surface area contributed by atoms with E-state index in [1.165, 1.54) is 24.7 Å². The van der Waals surface area contributed by atoms with Gasteiger partial charge in [-0.25, -0.2) is 30.9 Å². The number of anilines is 1. The average Bonchev–Trinajstić information content (AvgIpc) is 3.16. The van der Waals surface area contributed by atoms with Gasteiger partial charge in [0.05, 0.1) is 16.2 Å². The van der Waals surface area contributed by atoms with Gasteiger partial charge >= 0.3 is 6.09 Å². The van der Waals surface area contributed by atoms with Gasteiger partial charge in [0.15, 0.2) is 0 Å². The first kappa shape index (κ1) is 26.8. The van der Waals surface area contributed by atoms with Gasteiger partial charge in [-0.2, -0.15) is 0 Å². The van der Waals surface area contributed by atoms with Gasteiger partial charge in [-0.3, -0.25) is 0 Å². The molecular formula is C27H31F2N3O4S. The highest BCUT2D eigenvalue weighted by Crippen LogP contribution is 2.36. The summed E-state index contributed by atoms with van der Waals surface area (Å²) >= 11 is 0. The normalized spacial score (nSPS) is 14.1. The molecule has 0 fully saturated rings. The number of sulfonamides is 1. The van der Waals surface area contributed by atoms with Crippen LogP contribution in [-0.4, -0.2) is 49.6 Å². The predicted octanol–water partition coefficient (Wildman–Crippen LogP) is 5.34. The van der Waals surface area contributed by atoms with Crippen molar-refractivity contribution in [2.75, 3.05) is 25.5 Å². The standard InChI is InChI=1S/C27H31F2N3O4S/c1-17-14-19(37(34,35)30(5)6)10-11-22(17)31-13-12-23-18(16-31)15-24(25-20(28)8-7-9-21(25)29)32(23)26(33)36-27(2,3)4/h7-11,14-15H,12-13,16H2,1-6H3. The number of carbonyl (C=O) groups excluding carboxylic acids is 1. The smallest absolute Gasteiger partial charge is 0.419 e. The number of carbonyl (C=O) groups is 1. The number of hydrogen-bond acceptors (Lipinski definition) is 5. The molecule has 4 rings (SSSR count). The molecule has 10 heteroatoms. The molecule has 3 aromatic rings. The number of benzene rings is 2. The summed E-state index contributed by atoms with van der Waals surface area (Å²) in [6, 6.07) is 10.2. The van der Waals surface area contributed by atoms with Crippen molar-refractivity contribution >= 4 is 21.8 Å². The monoisotopic (exact) mass is 531 g/mol. The summed E-state index contributed by atoms with van der Waals surface area (Å²) < 4.78 is 62.7. The topological polar surface area (TPSA) is 71.9 Å². The number of rotatable bonds is 4. The number of halogens is 2. The molecule has 0 amide bonds. The third-order valence-corrected chi connectivity index (χ3v) is 8.07. The van der Waals surface area contributed by atoms with Crippen LogP contribution < -0.4 is 4.90 Å². The minimum atomic E-state index is -3.57. The molecule has 0 saturated carbocycles. The predicted molar refractivity (Wildman–Crippen MR) is 138 cm³/mol. The SMILES string of the molecule is Cc1cc(S(=O)(=O)N(C)C)ccc1N1CCc2c(cc(-c3c(F)cccc3F)n2C(=O)OC(C)(C)C)C1. The Morgan fingerprint density at radius 3 is 2.27 bits per heavy atom. The minimum absolute atomic E-state index is 0.0980. The molecule has 0 bridgehead atoms. The zero-order chi connectivity index (χ0) is 27.3. The average molecular weight is 532 g/mol. The molecule has 0 N–H and O–H groups in total. The summed E-state index contributed by atoms with van der Waals surface area (Å²) in [6.45, 7) is 7.92. The second-order valence-corrected chi connectivity index (χ2v) is 12.5. The molecule has 198 valence electrons. The molecule has 1 aromatic heterocycles. The highest BCUT2D eigenvalue weighted by atomic mass is 32.2. The lowest BCUT2D eigenvalue weighted by Crippen LogP contribution is -2.34. The number of ether oxygens (including phenoxy) is 1. The van der Waals surface area contributed by atoms with E-state index in [1.807, 2.05) is 6.92 Å². The first-order valence-corrected chi connectivity index (χ1v) is 13.3. The first-order chi connectivity index (χ1) is 17.2. The van der Waals surface area contributed by atoms with Crippen molar-refractivity contribution in [3.05, 3.63) is 70.9 Å². The Balaban J connectivity index is 1.77. The van der Waals surface area contributed by atoms with Gasteiger partial charge < -0.3 is 9.64 Å². The van der Waals surface area contributed by atoms with Crippen LogP contribution in [0.1, 0.15) is 37.6 Å². The quantitative estimate of drug-likeness (QED) is 0.455. The largest absolute Gasteiger partial charge is 0.443 e. The van der Waals surface area contributed by atoms with Gasteiger partial charge in [0.25, 0.3) is 0 Å². The second kappa shape index (κ2) is 9.57. The van der Waals surface area contributed by atoms with Crippen LogP contribution in [0.2, 0.25) is 0 Å². The fraction of sp³-hybridized carbons (Fsp3) is 0.370. The van der Waals surface area contributed by atoms with Gasteiger partial charge in [0.2, 0.25) is 10.0 Å². The molecule has 0 radical (unpaired) electrons. The maximum Gasteiger partial charge on any atom is 0.419 e. The first-order valence-electron chi connectivity index (χ1n) is 11.9. The molecule has 0 saturated heterocycles. The number of nitrogens with zero attached hydrogens (tertiary/aromatic N) is 3. The van der Waals surface area contributed by atoms with Crippen LogP contribution in [0.15, 0.2) is 47.4 Å². The van der Waals surface area contributed by atoms with Crippen molar-refractivity contribution in [2.45, 2.75) is 51.2 Å². The van der Waals surface area contributed by atoms with Gasteiger partial charge in [-0.15, -0.1) is 0 Å². The number of aromatic nitrogens is 1. The van der Waals surface area contributed by atoms with Gasteiger partial charge in [0, 0.05) is 45.0 Å². The zero-order valence-electron chi connectivity index (χ0n) is 21.8. The van der Waals surface area contributed by atoms with Crippen molar-refractivity contribution in [1.29, 1.82) is 0 Å². The van der Waals surface area contributed by atoms with Crippen LogP contribution in [0.25, 0.3) is 11.3 Å². The van der Waals surface area contributed by atoms with Crippen LogP contribution in [-0.2, 0) is 27.7 Å². The third-order valence-electron chi connectivity index (χ3n) is 6.25. The Morgan fingerprint density at radius 1 is 1.05 bits per heavy atom. The summed E-state index contributed by atoms with van der Waals surface area (Å²) in [6.07, 6.45) is -0.281. The van der Waals surface area contributed by atoms with Crippen molar-refractivity contribution < 1.29 is 26.7 Å². The highest BCUT2D eigenvalue weighted by molar-refractivity contribution is 7.89. The van der Waals surface area contributed by atoms with E-state index in [2.05, 4.69) is 4.90 Å². The Hall–Kier alpha value is -3.24. The number of aryl methyl sites for hydroxylation is 1. The molecule has 0 unspecified atom stereocenters. The van der Waals surface area contributed by atoms with E-state index in [4.69, 9.17) is 4.74 Å². The number of hydrogen-bond donors (Lipinski definition) is 0. The van der Waals surface area contributed by atoms with E-state index in [0.717, 1.165) is 33.3 Å². The second-order valence-electron chi connectivity index (χ2n) is 10.3. The van der Waals surface area contributed by atoms with Crippen LogP contribution >= 0.6 is 0 Å². The van der Waals surface area contributed by atoms with Crippen LogP contribution in [0, 0.1) is 18.6 Å². The summed E-state index contributed by atoms with van der Waals surface area (Å²) in [5, 5.41) is 0. The van der Waals surface area contributed by atoms with Crippen LogP contribution in [0.3, 0.4) is 0 Å². The summed E-state index contributed by atoms with van der Waals surface area (Å²) in [5.41, 5.74) is 1.99. The molecule has 37 heavy (non-hydrogen) atoms. The maximum absolute atomic E-state index is 14.8. The lowest BCUT2D eigenvalue weighted by molar-refractivity contribution is 0.0535.